The second-order valence-electron chi connectivity index (χ2n) is 1.92. The zero-order valence-corrected chi connectivity index (χ0v) is 7.69. The van der Waals surface area contributed by atoms with Crippen LogP contribution < -0.4 is 0 Å². The molecule has 0 bridgehead atoms. The van der Waals surface area contributed by atoms with Gasteiger partial charge in [-0.05, 0) is 28.1 Å². The van der Waals surface area contributed by atoms with Gasteiger partial charge >= 0.3 is 0 Å². The Morgan fingerprint density at radius 1 is 1.55 bits per heavy atom. The molecule has 0 unspecified atom stereocenters. The summed E-state index contributed by atoms with van der Waals surface area (Å²) in [5.74, 6) is -0.184. The van der Waals surface area contributed by atoms with Crippen molar-refractivity contribution in [3.05, 3.63) is 27.2 Å². The highest BCUT2D eigenvalue weighted by Crippen LogP contribution is 2.33. The summed E-state index contributed by atoms with van der Waals surface area (Å²) in [6, 6.07) is 3.09. The van der Waals surface area contributed by atoms with Gasteiger partial charge in [-0.25, -0.2) is 0 Å². The Labute approximate surface area is 76.9 Å². The van der Waals surface area contributed by atoms with Crippen molar-refractivity contribution in [1.29, 1.82) is 0 Å². The fourth-order valence-corrected chi connectivity index (χ4v) is 1.14. The van der Waals surface area contributed by atoms with Crippen LogP contribution in [0.25, 0.3) is 0 Å². The predicted molar refractivity (Wildman–Crippen MR) is 46.2 cm³/mol. The number of carbonyl (C=O) groups excluding carboxylic acids is 1. The second kappa shape index (κ2) is 3.24. The molecule has 0 heterocycles. The molecule has 11 heavy (non-hydrogen) atoms. The molecule has 1 aromatic rings. The largest absolute Gasteiger partial charge is 0.506 e. The topological polar surface area (TPSA) is 37.3 Å². The molecule has 1 rings (SSSR count). The van der Waals surface area contributed by atoms with Crippen molar-refractivity contribution >= 4 is 33.8 Å². The van der Waals surface area contributed by atoms with Gasteiger partial charge < -0.3 is 5.11 Å². The van der Waals surface area contributed by atoms with Crippen LogP contribution in [0.2, 0.25) is 5.02 Å². The molecule has 0 amide bonds. The van der Waals surface area contributed by atoms with Crippen molar-refractivity contribution < 1.29 is 9.90 Å². The number of carbonyl (C=O) groups is 1. The molecule has 0 aliphatic rings. The van der Waals surface area contributed by atoms with Gasteiger partial charge in [0.25, 0.3) is 0 Å². The van der Waals surface area contributed by atoms with E-state index in [0.717, 1.165) is 0 Å². The van der Waals surface area contributed by atoms with Gasteiger partial charge in [0.05, 0.1) is 10.6 Å². The Balaban J connectivity index is 3.36. The van der Waals surface area contributed by atoms with E-state index in [4.69, 9.17) is 11.6 Å². The summed E-state index contributed by atoms with van der Waals surface area (Å²) >= 11 is 8.71. The first-order chi connectivity index (χ1) is 5.16. The third-order valence-corrected chi connectivity index (χ3v) is 2.50. The Hall–Kier alpha value is -0.540. The number of hydrogen-bond acceptors (Lipinski definition) is 2. The summed E-state index contributed by atoms with van der Waals surface area (Å²) in [5.41, 5.74) is 0.193. The van der Waals surface area contributed by atoms with Crippen LogP contribution in [0.15, 0.2) is 16.6 Å². The molecule has 1 aromatic carbocycles. The van der Waals surface area contributed by atoms with E-state index in [1.807, 2.05) is 0 Å². The van der Waals surface area contributed by atoms with Crippen LogP contribution in [-0.2, 0) is 0 Å². The van der Waals surface area contributed by atoms with E-state index >= 15 is 0 Å². The maximum Gasteiger partial charge on any atom is 0.153 e. The van der Waals surface area contributed by atoms with Crippen molar-refractivity contribution in [3.8, 4) is 5.75 Å². The van der Waals surface area contributed by atoms with Crippen molar-refractivity contribution in [3.63, 3.8) is 0 Å². The third kappa shape index (κ3) is 1.54. The van der Waals surface area contributed by atoms with Gasteiger partial charge in [0.1, 0.15) is 5.75 Å². The van der Waals surface area contributed by atoms with Crippen molar-refractivity contribution in [2.75, 3.05) is 0 Å². The van der Waals surface area contributed by atoms with Crippen LogP contribution in [0.4, 0.5) is 0 Å². The summed E-state index contributed by atoms with van der Waals surface area (Å²) in [4.78, 5) is 10.3. The second-order valence-corrected chi connectivity index (χ2v) is 3.15. The lowest BCUT2D eigenvalue weighted by Gasteiger charge is -2.00. The Bertz CT molecular complexity index is 299. The van der Waals surface area contributed by atoms with Gasteiger partial charge in [0, 0.05) is 4.47 Å². The first kappa shape index (κ1) is 8.56. The smallest absolute Gasteiger partial charge is 0.153 e. The van der Waals surface area contributed by atoms with Crippen LogP contribution >= 0.6 is 27.5 Å². The number of phenols is 1. The molecule has 0 radical (unpaired) electrons. The van der Waals surface area contributed by atoms with E-state index in [-0.39, 0.29) is 16.3 Å². The summed E-state index contributed by atoms with van der Waals surface area (Å²) < 4.78 is 0.572. The molecule has 0 atom stereocenters. The Kier molecular flexibility index (Phi) is 2.52. The molecular weight excluding hydrogens is 231 g/mol. The number of hydrogen-bond donors (Lipinski definition) is 1. The molecule has 0 saturated carbocycles. The normalized spacial score (nSPS) is 9.64. The summed E-state index contributed by atoms with van der Waals surface area (Å²) in [5, 5.41) is 9.35. The number of aromatic hydroxyl groups is 1. The zero-order valence-electron chi connectivity index (χ0n) is 5.34. The minimum absolute atomic E-state index is 0.162. The number of phenolic OH excluding ortho intramolecular Hbond substituents is 1. The minimum atomic E-state index is -0.184. The highest BCUT2D eigenvalue weighted by molar-refractivity contribution is 9.10. The fraction of sp³-hybridized carbons (Fsp3) is 0. The fourth-order valence-electron chi connectivity index (χ4n) is 0.650. The van der Waals surface area contributed by atoms with E-state index in [9.17, 15) is 9.90 Å². The molecule has 0 saturated heterocycles. The Morgan fingerprint density at radius 3 is 2.73 bits per heavy atom. The molecule has 0 aliphatic heterocycles. The van der Waals surface area contributed by atoms with E-state index in [1.54, 1.807) is 6.07 Å². The number of aldehydes is 1. The van der Waals surface area contributed by atoms with E-state index in [1.165, 1.54) is 6.07 Å². The molecule has 58 valence electrons. The molecule has 1 N–H and O–H groups in total. The first-order valence-corrected chi connectivity index (χ1v) is 3.96. The lowest BCUT2D eigenvalue weighted by atomic mass is 10.2. The van der Waals surface area contributed by atoms with Crippen LogP contribution in [0.3, 0.4) is 0 Å². The van der Waals surface area contributed by atoms with Crippen molar-refractivity contribution in [2.24, 2.45) is 0 Å². The molecule has 4 heteroatoms. The molecule has 0 aromatic heterocycles. The van der Waals surface area contributed by atoms with Gasteiger partial charge in [-0.2, -0.15) is 0 Å². The highest BCUT2D eigenvalue weighted by Gasteiger charge is 2.07. The molecule has 0 aliphatic carbocycles. The lowest BCUT2D eigenvalue weighted by Crippen LogP contribution is -1.81. The average molecular weight is 235 g/mol. The zero-order chi connectivity index (χ0) is 8.43. The maximum atomic E-state index is 10.3. The molecular formula is C7H4BrClO2. The van der Waals surface area contributed by atoms with Crippen molar-refractivity contribution in [2.45, 2.75) is 0 Å². The SMILES string of the molecule is O=Cc1ccc(Br)c(Cl)c1O. The summed E-state index contributed by atoms with van der Waals surface area (Å²) in [6.45, 7) is 0. The third-order valence-electron chi connectivity index (χ3n) is 1.23. The van der Waals surface area contributed by atoms with Crippen LogP contribution in [0.5, 0.6) is 5.75 Å². The van der Waals surface area contributed by atoms with Gasteiger partial charge in [0.2, 0.25) is 0 Å². The van der Waals surface area contributed by atoms with Crippen LogP contribution in [0.1, 0.15) is 10.4 Å². The predicted octanol–water partition coefficient (Wildman–Crippen LogP) is 2.62. The summed E-state index contributed by atoms with van der Waals surface area (Å²) in [7, 11) is 0. The standard InChI is InChI=1S/C7H4BrClO2/c8-5-2-1-4(3-10)7(11)6(5)9/h1-3,11H. The average Bonchev–Trinajstić information content (AvgIpc) is 2.01. The van der Waals surface area contributed by atoms with E-state index in [2.05, 4.69) is 15.9 Å². The number of benzene rings is 1. The number of rotatable bonds is 1. The molecule has 2 nitrogen and oxygen atoms in total. The van der Waals surface area contributed by atoms with Gasteiger partial charge in [-0.3, -0.25) is 4.79 Å². The minimum Gasteiger partial charge on any atom is -0.506 e. The first-order valence-electron chi connectivity index (χ1n) is 2.79. The van der Waals surface area contributed by atoms with E-state index in [0.29, 0.717) is 10.8 Å². The van der Waals surface area contributed by atoms with Gasteiger partial charge in [-0.15, -0.1) is 0 Å². The lowest BCUT2D eigenvalue weighted by molar-refractivity contribution is 0.112. The molecule has 0 spiro atoms. The van der Waals surface area contributed by atoms with Crippen LogP contribution in [-0.4, -0.2) is 11.4 Å². The Morgan fingerprint density at radius 2 is 2.18 bits per heavy atom. The van der Waals surface area contributed by atoms with Crippen LogP contribution in [0, 0.1) is 0 Å². The van der Waals surface area contributed by atoms with E-state index < -0.39 is 0 Å². The monoisotopic (exact) mass is 234 g/mol. The molecule has 0 fully saturated rings. The summed E-state index contributed by atoms with van der Waals surface area (Å²) in [6.07, 6.45) is 0.549. The van der Waals surface area contributed by atoms with Gasteiger partial charge in [-0.1, -0.05) is 11.6 Å². The van der Waals surface area contributed by atoms with Crippen molar-refractivity contribution in [1.82, 2.24) is 0 Å². The highest BCUT2D eigenvalue weighted by atomic mass is 79.9. The quantitative estimate of drug-likeness (QED) is 0.760. The maximum absolute atomic E-state index is 10.3. The van der Waals surface area contributed by atoms with Gasteiger partial charge in [0.15, 0.2) is 6.29 Å². The number of halogens is 2.